The van der Waals surface area contributed by atoms with Crippen LogP contribution in [0.2, 0.25) is 0 Å². The van der Waals surface area contributed by atoms with Gasteiger partial charge in [0, 0.05) is 23.5 Å². The van der Waals surface area contributed by atoms with E-state index in [0.29, 0.717) is 12.1 Å². The fourth-order valence-corrected chi connectivity index (χ4v) is 2.59. The van der Waals surface area contributed by atoms with Crippen molar-refractivity contribution in [2.24, 2.45) is 0 Å². The average Bonchev–Trinajstić information content (AvgIpc) is 2.52. The molecule has 1 aromatic heterocycles. The molecule has 1 amide bonds. The first kappa shape index (κ1) is 13.6. The Morgan fingerprint density at radius 2 is 2.24 bits per heavy atom. The smallest absolute Gasteiger partial charge is 0.251 e. The highest BCUT2D eigenvalue weighted by Crippen LogP contribution is 2.22. The molecule has 4 heteroatoms. The molecular weight excluding hydrogens is 262 g/mol. The lowest BCUT2D eigenvalue weighted by atomic mass is 10.0. The molecule has 0 radical (unpaired) electrons. The number of carbonyl (C=O) groups excluding carboxylic acids is 1. The Morgan fingerprint density at radius 3 is 3.10 bits per heavy atom. The maximum Gasteiger partial charge on any atom is 0.251 e. The van der Waals surface area contributed by atoms with E-state index in [1.165, 1.54) is 5.56 Å². The van der Waals surface area contributed by atoms with Crippen molar-refractivity contribution in [3.63, 3.8) is 0 Å². The van der Waals surface area contributed by atoms with Crippen LogP contribution < -0.4 is 10.6 Å². The van der Waals surface area contributed by atoms with E-state index >= 15 is 0 Å². The molecule has 0 unspecified atom stereocenters. The van der Waals surface area contributed by atoms with Gasteiger partial charge in [-0.15, -0.1) is 0 Å². The van der Waals surface area contributed by atoms with Crippen LogP contribution in [-0.2, 0) is 13.0 Å². The van der Waals surface area contributed by atoms with E-state index in [0.717, 1.165) is 36.5 Å². The van der Waals surface area contributed by atoms with Crippen LogP contribution in [0.15, 0.2) is 36.4 Å². The number of aryl methyl sites for hydroxylation is 2. The van der Waals surface area contributed by atoms with Gasteiger partial charge < -0.3 is 10.6 Å². The zero-order chi connectivity index (χ0) is 14.7. The molecular formula is C17H19N3O. The molecule has 0 fully saturated rings. The molecule has 108 valence electrons. The average molecular weight is 281 g/mol. The summed E-state index contributed by atoms with van der Waals surface area (Å²) in [5, 5.41) is 6.28. The van der Waals surface area contributed by atoms with Crippen LogP contribution in [0.5, 0.6) is 0 Å². The van der Waals surface area contributed by atoms with E-state index in [4.69, 9.17) is 0 Å². The molecule has 1 aliphatic rings. The Labute approximate surface area is 124 Å². The van der Waals surface area contributed by atoms with Crippen LogP contribution in [0.1, 0.15) is 33.7 Å². The number of nitrogens with one attached hydrogen (secondary N) is 2. The van der Waals surface area contributed by atoms with Crippen molar-refractivity contribution in [2.45, 2.75) is 26.3 Å². The highest BCUT2D eigenvalue weighted by Gasteiger charge is 2.12. The van der Waals surface area contributed by atoms with Gasteiger partial charge in [-0.25, -0.2) is 0 Å². The van der Waals surface area contributed by atoms with Gasteiger partial charge in [0.1, 0.15) is 0 Å². The second-order valence-electron chi connectivity index (χ2n) is 5.36. The highest BCUT2D eigenvalue weighted by atomic mass is 16.1. The van der Waals surface area contributed by atoms with Gasteiger partial charge in [-0.2, -0.15) is 0 Å². The summed E-state index contributed by atoms with van der Waals surface area (Å²) in [5.41, 5.74) is 4.93. The number of rotatable bonds is 3. The second-order valence-corrected chi connectivity index (χ2v) is 5.36. The van der Waals surface area contributed by atoms with Crippen molar-refractivity contribution < 1.29 is 4.79 Å². The lowest BCUT2D eigenvalue weighted by Crippen LogP contribution is -2.24. The Balaban J connectivity index is 1.68. The molecule has 1 aliphatic heterocycles. The molecule has 2 heterocycles. The topological polar surface area (TPSA) is 54.0 Å². The van der Waals surface area contributed by atoms with Gasteiger partial charge in [-0.05, 0) is 55.7 Å². The molecule has 2 aromatic rings. The van der Waals surface area contributed by atoms with Crippen LogP contribution in [0.3, 0.4) is 0 Å². The Hall–Kier alpha value is -2.36. The zero-order valence-corrected chi connectivity index (χ0v) is 12.1. The van der Waals surface area contributed by atoms with Crippen molar-refractivity contribution in [1.82, 2.24) is 10.3 Å². The third-order valence-electron chi connectivity index (χ3n) is 3.68. The summed E-state index contributed by atoms with van der Waals surface area (Å²) in [6.07, 6.45) is 2.15. The molecule has 2 N–H and O–H groups in total. The zero-order valence-electron chi connectivity index (χ0n) is 12.1. The fraction of sp³-hybridized carbons (Fsp3) is 0.294. The molecule has 0 saturated heterocycles. The quantitative estimate of drug-likeness (QED) is 0.909. The minimum absolute atomic E-state index is 0.0494. The van der Waals surface area contributed by atoms with Gasteiger partial charge in [0.15, 0.2) is 0 Å². The number of fused-ring (bicyclic) bond motifs is 1. The number of aromatic nitrogens is 1. The lowest BCUT2D eigenvalue weighted by Gasteiger charge is -2.18. The highest BCUT2D eigenvalue weighted by molar-refractivity contribution is 5.94. The third kappa shape index (κ3) is 3.21. The largest absolute Gasteiger partial charge is 0.385 e. The molecule has 0 saturated carbocycles. The fourth-order valence-electron chi connectivity index (χ4n) is 2.59. The first-order valence-corrected chi connectivity index (χ1v) is 7.30. The van der Waals surface area contributed by atoms with Crippen molar-refractivity contribution in [2.75, 3.05) is 11.9 Å². The summed E-state index contributed by atoms with van der Waals surface area (Å²) in [7, 11) is 0. The van der Waals surface area contributed by atoms with Crippen molar-refractivity contribution in [1.29, 1.82) is 0 Å². The van der Waals surface area contributed by atoms with E-state index in [1.807, 2.05) is 43.3 Å². The minimum Gasteiger partial charge on any atom is -0.385 e. The number of pyridine rings is 1. The monoisotopic (exact) mass is 281 g/mol. The van der Waals surface area contributed by atoms with E-state index < -0.39 is 0 Å². The summed E-state index contributed by atoms with van der Waals surface area (Å²) in [6, 6.07) is 11.7. The van der Waals surface area contributed by atoms with Gasteiger partial charge in [0.25, 0.3) is 5.91 Å². The van der Waals surface area contributed by atoms with Gasteiger partial charge >= 0.3 is 0 Å². The molecule has 21 heavy (non-hydrogen) atoms. The Bertz CT molecular complexity index is 667. The van der Waals surface area contributed by atoms with Crippen LogP contribution in [0, 0.1) is 6.92 Å². The van der Waals surface area contributed by atoms with Gasteiger partial charge in [0.05, 0.1) is 12.2 Å². The van der Waals surface area contributed by atoms with Crippen LogP contribution in [0.25, 0.3) is 0 Å². The molecule has 0 atom stereocenters. The van der Waals surface area contributed by atoms with Gasteiger partial charge in [-0.3, -0.25) is 9.78 Å². The van der Waals surface area contributed by atoms with Gasteiger partial charge in [0.2, 0.25) is 0 Å². The number of amides is 1. The number of anilines is 1. The third-order valence-corrected chi connectivity index (χ3v) is 3.68. The van der Waals surface area contributed by atoms with E-state index in [9.17, 15) is 4.79 Å². The standard InChI is InChI=1S/C17H19N3O/c1-12-4-2-6-15(20-12)11-19-17(21)14-7-8-16-13(10-14)5-3-9-18-16/h2,4,6-8,10,18H,3,5,9,11H2,1H3,(H,19,21). The number of benzene rings is 1. The maximum atomic E-state index is 12.2. The Morgan fingerprint density at radius 1 is 1.33 bits per heavy atom. The summed E-state index contributed by atoms with van der Waals surface area (Å²) in [6.45, 7) is 3.41. The van der Waals surface area contributed by atoms with Crippen LogP contribution in [-0.4, -0.2) is 17.4 Å². The van der Waals surface area contributed by atoms with Crippen molar-refractivity contribution in [3.05, 3.63) is 58.9 Å². The predicted octanol–water partition coefficient (Wildman–Crippen LogP) is 2.68. The molecule has 0 spiro atoms. The van der Waals surface area contributed by atoms with Gasteiger partial charge in [-0.1, -0.05) is 6.07 Å². The van der Waals surface area contributed by atoms with Crippen LogP contribution >= 0.6 is 0 Å². The molecule has 0 bridgehead atoms. The summed E-state index contributed by atoms with van der Waals surface area (Å²) >= 11 is 0. The molecule has 3 rings (SSSR count). The SMILES string of the molecule is Cc1cccc(CNC(=O)c2ccc3c(c2)CCCN3)n1. The molecule has 0 aliphatic carbocycles. The normalized spacial score (nSPS) is 13.2. The van der Waals surface area contributed by atoms with E-state index in [-0.39, 0.29) is 5.91 Å². The summed E-state index contributed by atoms with van der Waals surface area (Å²) in [4.78, 5) is 16.6. The summed E-state index contributed by atoms with van der Waals surface area (Å²) < 4.78 is 0. The minimum atomic E-state index is -0.0494. The second kappa shape index (κ2) is 5.95. The molecule has 4 nitrogen and oxygen atoms in total. The number of hydrogen-bond donors (Lipinski definition) is 2. The molecule has 1 aromatic carbocycles. The number of hydrogen-bond acceptors (Lipinski definition) is 3. The van der Waals surface area contributed by atoms with Crippen molar-refractivity contribution >= 4 is 11.6 Å². The Kier molecular flexibility index (Phi) is 3.86. The lowest BCUT2D eigenvalue weighted by molar-refractivity contribution is 0.0950. The van der Waals surface area contributed by atoms with E-state index in [2.05, 4.69) is 15.6 Å². The first-order chi connectivity index (χ1) is 10.2. The maximum absolute atomic E-state index is 12.2. The number of carbonyl (C=O) groups is 1. The van der Waals surface area contributed by atoms with Crippen molar-refractivity contribution in [3.8, 4) is 0 Å². The predicted molar refractivity (Wildman–Crippen MR) is 83.4 cm³/mol. The van der Waals surface area contributed by atoms with Crippen LogP contribution in [0.4, 0.5) is 5.69 Å². The first-order valence-electron chi connectivity index (χ1n) is 7.30. The van der Waals surface area contributed by atoms with E-state index in [1.54, 1.807) is 0 Å². The summed E-state index contributed by atoms with van der Waals surface area (Å²) in [5.74, 6) is -0.0494. The number of nitrogens with zero attached hydrogens (tertiary/aromatic N) is 1.